The first-order valence-corrected chi connectivity index (χ1v) is 11.4. The SMILES string of the molecule is CC1NCSC1C(=O)NC1C[C@H](NC(=O)COc2ccc(Cl)c(F)c2)C2CCC12. The normalized spacial score (nSPS) is 32.9. The van der Waals surface area contributed by atoms with Crippen LogP contribution in [0.5, 0.6) is 5.75 Å². The molecule has 9 heteroatoms. The molecule has 1 aromatic carbocycles. The molecule has 3 fully saturated rings. The number of nitrogens with one attached hydrogen (secondary N) is 3. The number of ether oxygens (including phenoxy) is 1. The predicted octanol–water partition coefficient (Wildman–Crippen LogP) is 2.31. The maximum Gasteiger partial charge on any atom is 0.258 e. The molecule has 4 rings (SSSR count). The van der Waals surface area contributed by atoms with Gasteiger partial charge in [0.25, 0.3) is 5.91 Å². The van der Waals surface area contributed by atoms with Gasteiger partial charge in [-0.15, -0.1) is 11.8 Å². The second kappa shape index (κ2) is 8.70. The summed E-state index contributed by atoms with van der Waals surface area (Å²) in [5.41, 5.74) is 0. The second-order valence-corrected chi connectivity index (χ2v) is 9.56. The number of rotatable bonds is 6. The van der Waals surface area contributed by atoms with Gasteiger partial charge < -0.3 is 20.7 Å². The van der Waals surface area contributed by atoms with Gasteiger partial charge in [-0.05, 0) is 50.2 Å². The number of hydrogen-bond donors (Lipinski definition) is 3. The lowest BCUT2D eigenvalue weighted by Crippen LogP contribution is -2.47. The summed E-state index contributed by atoms with van der Waals surface area (Å²) in [6.45, 7) is 1.84. The smallest absolute Gasteiger partial charge is 0.258 e. The van der Waals surface area contributed by atoms with Gasteiger partial charge in [-0.3, -0.25) is 9.59 Å². The fraction of sp³-hybridized carbons (Fsp3) is 0.600. The van der Waals surface area contributed by atoms with Crippen LogP contribution in [0.1, 0.15) is 26.2 Å². The van der Waals surface area contributed by atoms with Gasteiger partial charge in [0.2, 0.25) is 5.91 Å². The molecule has 1 aliphatic heterocycles. The van der Waals surface area contributed by atoms with E-state index in [-0.39, 0.29) is 52.6 Å². The molecule has 2 saturated carbocycles. The van der Waals surface area contributed by atoms with Crippen molar-refractivity contribution in [2.75, 3.05) is 12.5 Å². The number of thioether (sulfide) groups is 1. The third-order valence-electron chi connectivity index (χ3n) is 6.24. The van der Waals surface area contributed by atoms with Crippen molar-refractivity contribution >= 4 is 35.2 Å². The molecule has 6 atom stereocenters. The molecule has 2 amide bonds. The molecule has 3 N–H and O–H groups in total. The number of halogens is 2. The Kier molecular flexibility index (Phi) is 6.22. The van der Waals surface area contributed by atoms with Crippen LogP contribution in [0.3, 0.4) is 0 Å². The van der Waals surface area contributed by atoms with E-state index >= 15 is 0 Å². The largest absolute Gasteiger partial charge is 0.484 e. The summed E-state index contributed by atoms with van der Waals surface area (Å²) in [4.78, 5) is 24.9. The standard InChI is InChI=1S/C20H25ClFN3O3S/c1-10-19(29-9-23-10)20(27)25-17-7-16(12-3-4-13(12)17)24-18(26)8-28-11-2-5-14(21)15(22)6-11/h2,5-6,10,12-13,16-17,19,23H,3-4,7-9H2,1H3,(H,24,26)(H,25,27)/t10?,12?,13?,16-,17?,19?/m0/s1. The Bertz CT molecular complexity index is 798. The van der Waals surface area contributed by atoms with Crippen molar-refractivity contribution in [3.05, 3.63) is 29.0 Å². The van der Waals surface area contributed by atoms with Crippen molar-refractivity contribution in [3.8, 4) is 5.75 Å². The average Bonchev–Trinajstić information content (AvgIpc) is 3.16. The van der Waals surface area contributed by atoms with Crippen LogP contribution in [0.25, 0.3) is 0 Å². The maximum atomic E-state index is 13.5. The molecule has 0 radical (unpaired) electrons. The van der Waals surface area contributed by atoms with E-state index in [1.54, 1.807) is 11.8 Å². The summed E-state index contributed by atoms with van der Waals surface area (Å²) < 4.78 is 18.8. The van der Waals surface area contributed by atoms with E-state index in [4.69, 9.17) is 16.3 Å². The first-order valence-electron chi connectivity index (χ1n) is 9.95. The van der Waals surface area contributed by atoms with E-state index in [0.29, 0.717) is 11.8 Å². The number of amides is 2. The molecule has 29 heavy (non-hydrogen) atoms. The quantitative estimate of drug-likeness (QED) is 0.631. The highest BCUT2D eigenvalue weighted by molar-refractivity contribution is 8.00. The molecule has 3 aliphatic rings. The first-order chi connectivity index (χ1) is 13.9. The minimum Gasteiger partial charge on any atom is -0.484 e. The third kappa shape index (κ3) is 4.49. The Labute approximate surface area is 178 Å². The topological polar surface area (TPSA) is 79.5 Å². The van der Waals surface area contributed by atoms with Gasteiger partial charge in [0, 0.05) is 30.1 Å². The van der Waals surface area contributed by atoms with Gasteiger partial charge in [-0.25, -0.2) is 4.39 Å². The molecule has 158 valence electrons. The van der Waals surface area contributed by atoms with Crippen LogP contribution >= 0.6 is 23.4 Å². The fourth-order valence-corrected chi connectivity index (χ4v) is 5.82. The highest BCUT2D eigenvalue weighted by Gasteiger charge is 2.50. The van der Waals surface area contributed by atoms with Gasteiger partial charge in [-0.2, -0.15) is 0 Å². The predicted molar refractivity (Wildman–Crippen MR) is 110 cm³/mol. The Balaban J connectivity index is 1.27. The molecule has 0 aromatic heterocycles. The molecule has 1 saturated heterocycles. The molecule has 6 nitrogen and oxygen atoms in total. The molecule has 1 aromatic rings. The van der Waals surface area contributed by atoms with E-state index in [1.165, 1.54) is 12.1 Å². The highest BCUT2D eigenvalue weighted by Crippen LogP contribution is 2.47. The lowest BCUT2D eigenvalue weighted by Gasteiger charge is -2.36. The fourth-order valence-electron chi connectivity index (χ4n) is 4.56. The van der Waals surface area contributed by atoms with E-state index in [0.717, 1.165) is 31.2 Å². The monoisotopic (exact) mass is 441 g/mol. The summed E-state index contributed by atoms with van der Waals surface area (Å²) in [7, 11) is 0. The lowest BCUT2D eigenvalue weighted by atomic mass is 9.73. The van der Waals surface area contributed by atoms with Crippen molar-refractivity contribution in [2.45, 2.75) is 49.6 Å². The van der Waals surface area contributed by atoms with Crippen molar-refractivity contribution < 1.29 is 18.7 Å². The number of hydrogen-bond acceptors (Lipinski definition) is 5. The number of carbonyl (C=O) groups excluding carboxylic acids is 2. The van der Waals surface area contributed by atoms with E-state index in [1.807, 2.05) is 6.92 Å². The summed E-state index contributed by atoms with van der Waals surface area (Å²) >= 11 is 7.28. The van der Waals surface area contributed by atoms with Crippen LogP contribution < -0.4 is 20.7 Å². The van der Waals surface area contributed by atoms with Gasteiger partial charge in [-0.1, -0.05) is 11.6 Å². The van der Waals surface area contributed by atoms with E-state index in [9.17, 15) is 14.0 Å². The molecule has 0 spiro atoms. The van der Waals surface area contributed by atoms with Crippen molar-refractivity contribution in [1.29, 1.82) is 0 Å². The number of benzene rings is 1. The van der Waals surface area contributed by atoms with E-state index in [2.05, 4.69) is 16.0 Å². The van der Waals surface area contributed by atoms with Crippen LogP contribution in [-0.4, -0.2) is 47.7 Å². The van der Waals surface area contributed by atoms with E-state index < -0.39 is 5.82 Å². The molecule has 2 aliphatic carbocycles. The zero-order valence-corrected chi connectivity index (χ0v) is 17.7. The Morgan fingerprint density at radius 3 is 2.62 bits per heavy atom. The summed E-state index contributed by atoms with van der Waals surface area (Å²) in [6.07, 6.45) is 2.87. The Morgan fingerprint density at radius 2 is 2.00 bits per heavy atom. The first kappa shape index (κ1) is 20.8. The van der Waals surface area contributed by atoms with Crippen molar-refractivity contribution in [1.82, 2.24) is 16.0 Å². The van der Waals surface area contributed by atoms with Crippen LogP contribution in [0.2, 0.25) is 5.02 Å². The summed E-state index contributed by atoms with van der Waals surface area (Å²) in [5, 5.41) is 9.49. The average molecular weight is 442 g/mol. The Morgan fingerprint density at radius 1 is 1.28 bits per heavy atom. The highest BCUT2D eigenvalue weighted by atomic mass is 35.5. The van der Waals surface area contributed by atoms with Crippen LogP contribution in [0, 0.1) is 17.7 Å². The summed E-state index contributed by atoms with van der Waals surface area (Å²) in [5.74, 6) is 1.13. The molecule has 1 heterocycles. The number of carbonyl (C=O) groups is 2. The molecule has 5 unspecified atom stereocenters. The van der Waals surface area contributed by atoms with Crippen molar-refractivity contribution in [2.24, 2.45) is 11.8 Å². The zero-order valence-electron chi connectivity index (χ0n) is 16.1. The Hall–Kier alpha value is -1.51. The van der Waals surface area contributed by atoms with Gasteiger partial charge in [0.05, 0.1) is 10.3 Å². The molecule has 0 bridgehead atoms. The van der Waals surface area contributed by atoms with Gasteiger partial charge in [0.15, 0.2) is 6.61 Å². The lowest BCUT2D eigenvalue weighted by molar-refractivity contribution is -0.124. The van der Waals surface area contributed by atoms with Crippen LogP contribution in [0.4, 0.5) is 4.39 Å². The minimum atomic E-state index is -0.582. The van der Waals surface area contributed by atoms with Crippen LogP contribution in [-0.2, 0) is 9.59 Å². The summed E-state index contributed by atoms with van der Waals surface area (Å²) in [6, 6.07) is 4.39. The maximum absolute atomic E-state index is 13.5. The zero-order chi connectivity index (χ0) is 20.5. The third-order valence-corrected chi connectivity index (χ3v) is 7.86. The van der Waals surface area contributed by atoms with Crippen molar-refractivity contribution in [3.63, 3.8) is 0 Å². The second-order valence-electron chi connectivity index (χ2n) is 8.02. The molecular formula is C20H25ClFN3O3S. The minimum absolute atomic E-state index is 0.0121. The number of fused-ring (bicyclic) bond motifs is 1. The van der Waals surface area contributed by atoms with Crippen LogP contribution in [0.15, 0.2) is 18.2 Å². The van der Waals surface area contributed by atoms with Gasteiger partial charge >= 0.3 is 0 Å². The molecular weight excluding hydrogens is 417 g/mol. The van der Waals surface area contributed by atoms with Gasteiger partial charge in [0.1, 0.15) is 11.6 Å².